The second-order valence-corrected chi connectivity index (χ2v) is 5.00. The van der Waals surface area contributed by atoms with Crippen molar-refractivity contribution in [3.63, 3.8) is 0 Å². The zero-order valence-electron chi connectivity index (χ0n) is 9.37. The Labute approximate surface area is 120 Å². The number of hydrogen-bond acceptors (Lipinski definition) is 2. The Morgan fingerprint density at radius 2 is 2.11 bits per heavy atom. The highest BCUT2D eigenvalue weighted by Gasteiger charge is 2.19. The van der Waals surface area contributed by atoms with Gasteiger partial charge in [0.05, 0.1) is 22.3 Å². The van der Waals surface area contributed by atoms with Crippen LogP contribution < -0.4 is 10.6 Å². The normalized spacial score (nSPS) is 14.6. The maximum Gasteiger partial charge on any atom is 0.244 e. The minimum Gasteiger partial charge on any atom is -0.361 e. The van der Waals surface area contributed by atoms with E-state index < -0.39 is 0 Å². The van der Waals surface area contributed by atoms with Crippen molar-refractivity contribution in [3.05, 3.63) is 28.2 Å². The number of nitrogens with zero attached hydrogens (tertiary/aromatic N) is 1. The molecule has 2 rings (SSSR count). The van der Waals surface area contributed by atoms with Crippen molar-refractivity contribution < 1.29 is 4.79 Å². The summed E-state index contributed by atoms with van der Waals surface area (Å²) in [6, 6.07) is 5.07. The van der Waals surface area contributed by atoms with Crippen LogP contribution in [-0.2, 0) is 4.79 Å². The first-order valence-corrected chi connectivity index (χ1v) is 6.51. The van der Waals surface area contributed by atoms with Crippen LogP contribution in [-0.4, -0.2) is 35.6 Å². The summed E-state index contributed by atoms with van der Waals surface area (Å²) in [4.78, 5) is 13.6. The summed E-state index contributed by atoms with van der Waals surface area (Å²) >= 11 is 17.0. The average Bonchev–Trinajstić information content (AvgIpc) is 2.70. The van der Waals surface area contributed by atoms with E-state index in [9.17, 15) is 4.79 Å². The number of carbonyl (C=O) groups excluding carboxylic acids is 1. The molecule has 1 fully saturated rings. The summed E-state index contributed by atoms with van der Waals surface area (Å²) in [7, 11) is 0. The Balaban J connectivity index is 2.01. The number of halogens is 2. The fourth-order valence-electron chi connectivity index (χ4n) is 1.63. The van der Waals surface area contributed by atoms with Crippen LogP contribution in [0.3, 0.4) is 0 Å². The molecule has 0 aliphatic carbocycles. The van der Waals surface area contributed by atoms with Gasteiger partial charge in [0, 0.05) is 13.1 Å². The number of para-hydroxylation sites is 1. The molecule has 1 aliphatic rings. The van der Waals surface area contributed by atoms with Crippen molar-refractivity contribution >= 4 is 52.1 Å². The van der Waals surface area contributed by atoms with Gasteiger partial charge >= 0.3 is 0 Å². The Bertz CT molecular complexity index is 475. The van der Waals surface area contributed by atoms with E-state index >= 15 is 0 Å². The van der Waals surface area contributed by atoms with Crippen LogP contribution in [0.1, 0.15) is 0 Å². The molecule has 1 heterocycles. The van der Waals surface area contributed by atoms with Gasteiger partial charge in [0.15, 0.2) is 5.11 Å². The fraction of sp³-hybridized carbons (Fsp3) is 0.273. The van der Waals surface area contributed by atoms with Crippen molar-refractivity contribution in [1.29, 1.82) is 0 Å². The lowest BCUT2D eigenvalue weighted by Gasteiger charge is -2.16. The summed E-state index contributed by atoms with van der Waals surface area (Å²) in [5.74, 6) is -0.198. The van der Waals surface area contributed by atoms with E-state index in [0.29, 0.717) is 20.8 Å². The molecule has 1 aromatic carbocycles. The van der Waals surface area contributed by atoms with E-state index in [1.54, 1.807) is 23.1 Å². The molecule has 0 aromatic heterocycles. The van der Waals surface area contributed by atoms with Gasteiger partial charge in [-0.05, 0) is 24.4 Å². The molecule has 1 aromatic rings. The number of anilines is 1. The summed E-state index contributed by atoms with van der Waals surface area (Å²) in [5, 5.41) is 7.10. The SMILES string of the molecule is O=C(CN1CCNC1=S)Nc1c(Cl)cccc1Cl. The van der Waals surface area contributed by atoms with Gasteiger partial charge in [-0.1, -0.05) is 29.3 Å². The van der Waals surface area contributed by atoms with Crippen LogP contribution in [0.15, 0.2) is 18.2 Å². The predicted molar refractivity (Wildman–Crippen MR) is 77.3 cm³/mol. The molecule has 18 heavy (non-hydrogen) atoms. The van der Waals surface area contributed by atoms with Crippen LogP contribution in [0.2, 0.25) is 10.0 Å². The van der Waals surface area contributed by atoms with Crippen molar-refractivity contribution in [2.75, 3.05) is 25.0 Å². The van der Waals surface area contributed by atoms with Gasteiger partial charge in [0.25, 0.3) is 0 Å². The van der Waals surface area contributed by atoms with E-state index in [0.717, 1.165) is 13.1 Å². The van der Waals surface area contributed by atoms with Crippen LogP contribution in [0.5, 0.6) is 0 Å². The molecule has 0 radical (unpaired) electrons. The minimum atomic E-state index is -0.198. The highest BCUT2D eigenvalue weighted by molar-refractivity contribution is 7.80. The first kappa shape index (κ1) is 13.4. The lowest BCUT2D eigenvalue weighted by atomic mass is 10.3. The first-order chi connectivity index (χ1) is 8.58. The maximum absolute atomic E-state index is 11.9. The van der Waals surface area contributed by atoms with Crippen molar-refractivity contribution in [2.24, 2.45) is 0 Å². The Morgan fingerprint density at radius 3 is 2.67 bits per heavy atom. The fourth-order valence-corrected chi connectivity index (χ4v) is 2.38. The standard InChI is InChI=1S/C11H11Cl2N3OS/c12-7-2-1-3-8(13)10(7)15-9(17)6-16-5-4-14-11(16)18/h1-3H,4-6H2,(H,14,18)(H,15,17). The van der Waals surface area contributed by atoms with Crippen molar-refractivity contribution in [2.45, 2.75) is 0 Å². The van der Waals surface area contributed by atoms with Gasteiger partial charge in [-0.15, -0.1) is 0 Å². The molecule has 1 aliphatic heterocycles. The predicted octanol–water partition coefficient (Wildman–Crippen LogP) is 2.12. The summed E-state index contributed by atoms with van der Waals surface area (Å²) in [6.07, 6.45) is 0. The molecule has 7 heteroatoms. The van der Waals surface area contributed by atoms with Crippen LogP contribution in [0.4, 0.5) is 5.69 Å². The minimum absolute atomic E-state index is 0.188. The van der Waals surface area contributed by atoms with E-state index in [4.69, 9.17) is 35.4 Å². The van der Waals surface area contributed by atoms with Gasteiger partial charge in [-0.3, -0.25) is 4.79 Å². The zero-order valence-corrected chi connectivity index (χ0v) is 11.7. The van der Waals surface area contributed by atoms with Gasteiger partial charge in [-0.25, -0.2) is 0 Å². The van der Waals surface area contributed by atoms with Crippen LogP contribution in [0.25, 0.3) is 0 Å². The van der Waals surface area contributed by atoms with Crippen LogP contribution >= 0.6 is 35.4 Å². The smallest absolute Gasteiger partial charge is 0.244 e. The second-order valence-electron chi connectivity index (χ2n) is 3.80. The van der Waals surface area contributed by atoms with E-state index in [-0.39, 0.29) is 12.5 Å². The van der Waals surface area contributed by atoms with Crippen molar-refractivity contribution in [1.82, 2.24) is 10.2 Å². The molecule has 0 bridgehead atoms. The van der Waals surface area contributed by atoms with Gasteiger partial charge in [0.2, 0.25) is 5.91 Å². The van der Waals surface area contributed by atoms with Gasteiger partial charge in [0.1, 0.15) is 0 Å². The average molecular weight is 304 g/mol. The van der Waals surface area contributed by atoms with E-state index in [2.05, 4.69) is 10.6 Å². The lowest BCUT2D eigenvalue weighted by molar-refractivity contribution is -0.116. The monoisotopic (exact) mass is 303 g/mol. The number of rotatable bonds is 3. The number of thiocarbonyl (C=S) groups is 1. The molecule has 0 spiro atoms. The van der Waals surface area contributed by atoms with E-state index in [1.807, 2.05) is 0 Å². The highest BCUT2D eigenvalue weighted by Crippen LogP contribution is 2.29. The molecular formula is C11H11Cl2N3OS. The van der Waals surface area contributed by atoms with E-state index in [1.165, 1.54) is 0 Å². The first-order valence-electron chi connectivity index (χ1n) is 5.34. The molecule has 2 N–H and O–H groups in total. The number of hydrogen-bond donors (Lipinski definition) is 2. The third kappa shape index (κ3) is 3.04. The third-order valence-electron chi connectivity index (χ3n) is 2.51. The molecular weight excluding hydrogens is 293 g/mol. The maximum atomic E-state index is 11.9. The highest BCUT2D eigenvalue weighted by atomic mass is 35.5. The molecule has 96 valence electrons. The summed E-state index contributed by atoms with van der Waals surface area (Å²) < 4.78 is 0. The molecule has 0 atom stereocenters. The molecule has 1 amide bonds. The largest absolute Gasteiger partial charge is 0.361 e. The Kier molecular flexibility index (Phi) is 4.27. The lowest BCUT2D eigenvalue weighted by Crippen LogP contribution is -2.35. The number of benzene rings is 1. The summed E-state index contributed by atoms with van der Waals surface area (Å²) in [5.41, 5.74) is 0.434. The number of nitrogens with one attached hydrogen (secondary N) is 2. The summed E-state index contributed by atoms with van der Waals surface area (Å²) in [6.45, 7) is 1.68. The molecule has 0 unspecified atom stereocenters. The topological polar surface area (TPSA) is 44.4 Å². The zero-order chi connectivity index (χ0) is 13.1. The molecule has 4 nitrogen and oxygen atoms in total. The second kappa shape index (κ2) is 5.73. The Hall–Kier alpha value is -1.04. The molecule has 0 saturated carbocycles. The third-order valence-corrected chi connectivity index (χ3v) is 3.54. The number of carbonyl (C=O) groups is 1. The van der Waals surface area contributed by atoms with Gasteiger partial charge < -0.3 is 15.5 Å². The number of amides is 1. The van der Waals surface area contributed by atoms with Crippen LogP contribution in [0, 0.1) is 0 Å². The molecule has 1 saturated heterocycles. The quantitative estimate of drug-likeness (QED) is 0.840. The van der Waals surface area contributed by atoms with Crippen molar-refractivity contribution in [3.8, 4) is 0 Å². The van der Waals surface area contributed by atoms with Gasteiger partial charge in [-0.2, -0.15) is 0 Å². The Morgan fingerprint density at radius 1 is 1.44 bits per heavy atom.